The second-order valence-corrected chi connectivity index (χ2v) is 7.90. The van der Waals surface area contributed by atoms with E-state index in [-0.39, 0.29) is 5.41 Å². The molecule has 1 fully saturated rings. The Morgan fingerprint density at radius 1 is 1.42 bits per heavy atom. The van der Waals surface area contributed by atoms with Crippen molar-refractivity contribution in [2.75, 3.05) is 0 Å². The van der Waals surface area contributed by atoms with Crippen molar-refractivity contribution in [1.29, 1.82) is 0 Å². The molecule has 0 N–H and O–H groups in total. The Morgan fingerprint density at radius 2 is 2.17 bits per heavy atom. The van der Waals surface area contributed by atoms with Crippen molar-refractivity contribution in [3.8, 4) is 0 Å². The molecular weight excluding hydrogens is 324 g/mol. The number of rotatable bonds is 2. The van der Waals surface area contributed by atoms with Gasteiger partial charge in [-0.3, -0.25) is 4.68 Å². The lowest BCUT2D eigenvalue weighted by Crippen LogP contribution is -2.39. The van der Waals surface area contributed by atoms with E-state index in [4.69, 9.17) is 16.3 Å². The van der Waals surface area contributed by atoms with Gasteiger partial charge in [-0.05, 0) is 42.4 Å². The fourth-order valence-electron chi connectivity index (χ4n) is 4.80. The molecule has 4 nitrogen and oxygen atoms in total. The first-order chi connectivity index (χ1) is 11.3. The predicted octanol–water partition coefficient (Wildman–Crippen LogP) is 4.35. The van der Waals surface area contributed by atoms with Crippen LogP contribution in [0, 0.1) is 12.3 Å². The van der Waals surface area contributed by atoms with Gasteiger partial charge in [-0.2, -0.15) is 5.10 Å². The number of carbonyl (C=O) groups excluding carboxylic acids is 1. The zero-order valence-electron chi connectivity index (χ0n) is 14.4. The third-order valence-electron chi connectivity index (χ3n) is 6.16. The van der Waals surface area contributed by atoms with Crippen LogP contribution in [-0.2, 0) is 17.4 Å². The molecule has 2 aromatic rings. The van der Waals surface area contributed by atoms with E-state index in [0.717, 1.165) is 18.4 Å². The van der Waals surface area contributed by atoms with Gasteiger partial charge in [-0.25, -0.2) is 4.79 Å². The van der Waals surface area contributed by atoms with E-state index in [1.54, 1.807) is 7.05 Å². The molecule has 5 heteroatoms. The molecule has 2 aliphatic rings. The fraction of sp³-hybridized carbons (Fsp3) is 0.474. The molecule has 0 aliphatic heterocycles. The van der Waals surface area contributed by atoms with Crippen molar-refractivity contribution < 1.29 is 9.53 Å². The molecule has 4 rings (SSSR count). The van der Waals surface area contributed by atoms with Gasteiger partial charge in [0.25, 0.3) is 0 Å². The maximum atomic E-state index is 12.8. The third-order valence-corrected chi connectivity index (χ3v) is 6.61. The second kappa shape index (κ2) is 4.85. The van der Waals surface area contributed by atoms with Crippen LogP contribution in [0.3, 0.4) is 0 Å². The number of esters is 1. The van der Waals surface area contributed by atoms with Gasteiger partial charge in [0, 0.05) is 12.5 Å². The highest BCUT2D eigenvalue weighted by atomic mass is 35.5. The van der Waals surface area contributed by atoms with Crippen LogP contribution in [0.25, 0.3) is 0 Å². The van der Waals surface area contributed by atoms with Crippen LogP contribution in [0.4, 0.5) is 0 Å². The van der Waals surface area contributed by atoms with Gasteiger partial charge in [0.1, 0.15) is 16.3 Å². The maximum Gasteiger partial charge on any atom is 0.343 e. The topological polar surface area (TPSA) is 44.1 Å². The van der Waals surface area contributed by atoms with E-state index >= 15 is 0 Å². The molecular formula is C19H21ClN2O2. The van der Waals surface area contributed by atoms with Gasteiger partial charge < -0.3 is 4.74 Å². The zero-order chi connectivity index (χ0) is 17.3. The third kappa shape index (κ3) is 1.75. The highest BCUT2D eigenvalue weighted by molar-refractivity contribution is 6.32. The van der Waals surface area contributed by atoms with Crippen LogP contribution in [0.15, 0.2) is 24.4 Å². The van der Waals surface area contributed by atoms with Crippen LogP contribution < -0.4 is 0 Å². The summed E-state index contributed by atoms with van der Waals surface area (Å²) in [4.78, 5) is 12.8. The van der Waals surface area contributed by atoms with Gasteiger partial charge in [0.15, 0.2) is 0 Å². The Labute approximate surface area is 146 Å². The standard InChI is InChI=1S/C19H21ClN2O2/c1-11-6-5-7-14-15(11)13-8-9-19(14,18(13,2)3)24-17(23)12-10-21-22(4)16(12)20/h5-7,10,13H,8-9H2,1-4H3. The van der Waals surface area contributed by atoms with E-state index in [1.165, 1.54) is 22.0 Å². The average Bonchev–Trinajstić information content (AvgIpc) is 3.05. The highest BCUT2D eigenvalue weighted by Gasteiger charge is 2.65. The van der Waals surface area contributed by atoms with Crippen LogP contribution in [-0.4, -0.2) is 15.7 Å². The number of hydrogen-bond donors (Lipinski definition) is 0. The number of benzene rings is 1. The SMILES string of the molecule is Cc1cccc2c1C1CCC2(OC(=O)c2cnn(C)c2Cl)C1(C)C. The monoisotopic (exact) mass is 344 g/mol. The van der Waals surface area contributed by atoms with Gasteiger partial charge in [0.05, 0.1) is 6.20 Å². The molecule has 0 saturated heterocycles. The minimum absolute atomic E-state index is 0.133. The molecule has 24 heavy (non-hydrogen) atoms. The summed E-state index contributed by atoms with van der Waals surface area (Å²) in [5.41, 5.74) is 3.41. The summed E-state index contributed by atoms with van der Waals surface area (Å²) in [5, 5.41) is 4.36. The minimum atomic E-state index is -0.588. The predicted molar refractivity (Wildman–Crippen MR) is 92.2 cm³/mol. The van der Waals surface area contributed by atoms with Gasteiger partial charge >= 0.3 is 5.97 Å². The first kappa shape index (κ1) is 15.7. The van der Waals surface area contributed by atoms with Gasteiger partial charge in [-0.1, -0.05) is 43.6 Å². The average molecular weight is 345 g/mol. The number of nitrogens with zero attached hydrogens (tertiary/aromatic N) is 2. The quantitative estimate of drug-likeness (QED) is 0.761. The Bertz CT molecular complexity index is 855. The molecule has 2 aliphatic carbocycles. The Balaban J connectivity index is 1.81. The lowest BCUT2D eigenvalue weighted by molar-refractivity contribution is -0.0682. The summed E-state index contributed by atoms with van der Waals surface area (Å²) in [6, 6.07) is 6.31. The van der Waals surface area contributed by atoms with Crippen molar-refractivity contribution in [3.63, 3.8) is 0 Å². The summed E-state index contributed by atoms with van der Waals surface area (Å²) in [5.74, 6) is 0.0297. The summed E-state index contributed by atoms with van der Waals surface area (Å²) in [6.45, 7) is 6.56. The molecule has 0 spiro atoms. The lowest BCUT2D eigenvalue weighted by Gasteiger charge is -2.38. The number of aryl methyl sites for hydroxylation is 2. The fourth-order valence-corrected chi connectivity index (χ4v) is 4.97. The largest absolute Gasteiger partial charge is 0.450 e. The molecule has 1 aromatic heterocycles. The maximum absolute atomic E-state index is 12.8. The number of halogens is 1. The molecule has 2 atom stereocenters. The molecule has 0 radical (unpaired) electrons. The Morgan fingerprint density at radius 3 is 2.83 bits per heavy atom. The molecule has 0 amide bonds. The number of fused-ring (bicyclic) bond motifs is 5. The zero-order valence-corrected chi connectivity index (χ0v) is 15.1. The Hall–Kier alpha value is -1.81. The lowest BCUT2D eigenvalue weighted by atomic mass is 9.76. The highest BCUT2D eigenvalue weighted by Crippen LogP contribution is 2.68. The normalized spacial score (nSPS) is 26.5. The first-order valence-electron chi connectivity index (χ1n) is 8.30. The van der Waals surface area contributed by atoms with Crippen molar-refractivity contribution in [2.45, 2.75) is 45.1 Å². The number of carbonyl (C=O) groups is 1. The number of hydrogen-bond acceptors (Lipinski definition) is 3. The van der Waals surface area contributed by atoms with Crippen LogP contribution in [0.1, 0.15) is 59.7 Å². The molecule has 1 aromatic carbocycles. The second-order valence-electron chi connectivity index (χ2n) is 7.54. The van der Waals surface area contributed by atoms with E-state index in [2.05, 4.69) is 44.1 Å². The van der Waals surface area contributed by atoms with Crippen LogP contribution >= 0.6 is 11.6 Å². The van der Waals surface area contributed by atoms with Crippen LogP contribution in [0.2, 0.25) is 5.15 Å². The summed E-state index contributed by atoms with van der Waals surface area (Å²) in [7, 11) is 1.71. The summed E-state index contributed by atoms with van der Waals surface area (Å²) >= 11 is 6.18. The van der Waals surface area contributed by atoms with Crippen LogP contribution in [0.5, 0.6) is 0 Å². The number of ether oxygens (including phenoxy) is 1. The van der Waals surface area contributed by atoms with Gasteiger partial charge in [-0.15, -0.1) is 0 Å². The van der Waals surface area contributed by atoms with Crippen molar-refractivity contribution in [3.05, 3.63) is 51.8 Å². The Kier molecular flexibility index (Phi) is 3.17. The summed E-state index contributed by atoms with van der Waals surface area (Å²) < 4.78 is 7.67. The minimum Gasteiger partial charge on any atom is -0.450 e. The first-order valence-corrected chi connectivity index (χ1v) is 8.68. The van der Waals surface area contributed by atoms with Crippen molar-refractivity contribution >= 4 is 17.6 Å². The van der Waals surface area contributed by atoms with Crippen molar-refractivity contribution in [1.82, 2.24) is 9.78 Å². The molecule has 2 bridgehead atoms. The molecule has 2 unspecified atom stereocenters. The summed E-state index contributed by atoms with van der Waals surface area (Å²) in [6.07, 6.45) is 3.37. The smallest absolute Gasteiger partial charge is 0.343 e. The molecule has 1 saturated carbocycles. The van der Waals surface area contributed by atoms with E-state index < -0.39 is 11.6 Å². The van der Waals surface area contributed by atoms with E-state index in [0.29, 0.717) is 16.6 Å². The van der Waals surface area contributed by atoms with Crippen molar-refractivity contribution in [2.24, 2.45) is 12.5 Å². The van der Waals surface area contributed by atoms with E-state index in [1.807, 2.05) is 0 Å². The van der Waals surface area contributed by atoms with Gasteiger partial charge in [0.2, 0.25) is 0 Å². The molecule has 1 heterocycles. The number of aromatic nitrogens is 2. The molecule has 126 valence electrons. The van der Waals surface area contributed by atoms with E-state index in [9.17, 15) is 4.79 Å².